The van der Waals surface area contributed by atoms with Crippen molar-refractivity contribution in [2.24, 2.45) is 5.73 Å². The summed E-state index contributed by atoms with van der Waals surface area (Å²) in [4.78, 5) is 23.3. The van der Waals surface area contributed by atoms with Gasteiger partial charge in [-0.3, -0.25) is 9.59 Å². The smallest absolute Gasteiger partial charge is 0.249 e. The highest BCUT2D eigenvalue weighted by Crippen LogP contribution is 2.32. The lowest BCUT2D eigenvalue weighted by Gasteiger charge is -2.10. The molecule has 3 aromatic carbocycles. The van der Waals surface area contributed by atoms with E-state index in [9.17, 15) is 9.59 Å². The van der Waals surface area contributed by atoms with Gasteiger partial charge in [0.1, 0.15) is 0 Å². The van der Waals surface area contributed by atoms with Crippen molar-refractivity contribution < 1.29 is 9.59 Å². The van der Waals surface area contributed by atoms with Gasteiger partial charge in [0.25, 0.3) is 0 Å². The molecule has 0 fully saturated rings. The number of nitrogens with one attached hydrogen (secondary N) is 1. The molecular weight excluding hydrogens is 338 g/mol. The molecule has 0 saturated heterocycles. The van der Waals surface area contributed by atoms with Gasteiger partial charge in [-0.05, 0) is 35.9 Å². The molecule has 0 aliphatic heterocycles. The summed E-state index contributed by atoms with van der Waals surface area (Å²) in [6.07, 6.45) is 0. The zero-order valence-electron chi connectivity index (χ0n) is 14.9. The Kier molecular flexibility index (Phi) is 4.12. The molecule has 27 heavy (non-hydrogen) atoms. The highest BCUT2D eigenvalue weighted by Gasteiger charge is 2.16. The predicted molar refractivity (Wildman–Crippen MR) is 108 cm³/mol. The third-order valence-electron chi connectivity index (χ3n) is 4.65. The van der Waals surface area contributed by atoms with Crippen LogP contribution in [0.4, 0.5) is 5.69 Å². The molecule has 0 unspecified atom stereocenters. The van der Waals surface area contributed by atoms with Crippen molar-refractivity contribution in [2.75, 3.05) is 5.32 Å². The maximum Gasteiger partial charge on any atom is 0.249 e. The lowest BCUT2D eigenvalue weighted by Crippen LogP contribution is -2.11. The van der Waals surface area contributed by atoms with Crippen molar-refractivity contribution in [3.63, 3.8) is 0 Å². The zero-order chi connectivity index (χ0) is 19.0. The first-order valence-corrected chi connectivity index (χ1v) is 8.71. The Bertz CT molecular complexity index is 1190. The number of amides is 2. The van der Waals surface area contributed by atoms with Gasteiger partial charge in [0.15, 0.2) is 0 Å². The number of rotatable bonds is 4. The van der Waals surface area contributed by atoms with Gasteiger partial charge in [-0.1, -0.05) is 36.4 Å². The summed E-state index contributed by atoms with van der Waals surface area (Å²) in [6, 6.07) is 21.4. The number of carbonyl (C=O) groups is 2. The number of fused-ring (bicyclic) bond motifs is 3. The molecule has 0 radical (unpaired) electrons. The average Bonchev–Trinajstić information content (AvgIpc) is 2.96. The van der Waals surface area contributed by atoms with E-state index in [1.807, 2.05) is 60.7 Å². The topological polar surface area (TPSA) is 77.1 Å². The monoisotopic (exact) mass is 357 g/mol. The maximum absolute atomic E-state index is 11.9. The second-order valence-corrected chi connectivity index (χ2v) is 6.55. The zero-order valence-corrected chi connectivity index (χ0v) is 14.9. The van der Waals surface area contributed by atoms with Crippen LogP contribution in [0.15, 0.2) is 66.7 Å². The molecule has 0 aliphatic carbocycles. The molecule has 5 heteroatoms. The summed E-state index contributed by atoms with van der Waals surface area (Å²) in [6.45, 7) is 2.10. The molecule has 0 aliphatic rings. The number of benzene rings is 3. The lowest BCUT2D eigenvalue weighted by molar-refractivity contribution is -0.114. The van der Waals surface area contributed by atoms with Gasteiger partial charge >= 0.3 is 0 Å². The summed E-state index contributed by atoms with van der Waals surface area (Å²) in [7, 11) is 0. The Labute approximate surface area is 156 Å². The quantitative estimate of drug-likeness (QED) is 0.581. The van der Waals surface area contributed by atoms with E-state index in [-0.39, 0.29) is 5.91 Å². The molecule has 5 nitrogen and oxygen atoms in total. The van der Waals surface area contributed by atoms with Crippen LogP contribution in [0.2, 0.25) is 0 Å². The molecule has 2 amide bonds. The molecule has 0 saturated carbocycles. The molecule has 0 atom stereocenters. The third kappa shape index (κ3) is 3.04. The minimum absolute atomic E-state index is 0.102. The van der Waals surface area contributed by atoms with Crippen LogP contribution in [0, 0.1) is 0 Å². The largest absolute Gasteiger partial charge is 0.366 e. The van der Waals surface area contributed by atoms with Crippen LogP contribution in [-0.2, 0) is 11.3 Å². The second kappa shape index (κ2) is 6.61. The second-order valence-electron chi connectivity index (χ2n) is 6.55. The highest BCUT2D eigenvalue weighted by molar-refractivity contribution is 6.17. The van der Waals surface area contributed by atoms with Crippen LogP contribution in [-0.4, -0.2) is 16.4 Å². The summed E-state index contributed by atoms with van der Waals surface area (Å²) < 4.78 is 2.17. The van der Waals surface area contributed by atoms with Crippen molar-refractivity contribution >= 4 is 39.3 Å². The first-order chi connectivity index (χ1) is 13.0. The van der Waals surface area contributed by atoms with Gasteiger partial charge in [0.2, 0.25) is 11.8 Å². The lowest BCUT2D eigenvalue weighted by atomic mass is 10.1. The SMILES string of the molecule is CC(=O)Nc1cccc(Cn2c3ccccc3c3c(C(N)=O)cccc32)c1. The van der Waals surface area contributed by atoms with Crippen LogP contribution >= 0.6 is 0 Å². The van der Waals surface area contributed by atoms with Gasteiger partial charge in [-0.25, -0.2) is 0 Å². The van der Waals surface area contributed by atoms with E-state index in [1.54, 1.807) is 6.07 Å². The molecule has 1 heterocycles. The summed E-state index contributed by atoms with van der Waals surface area (Å²) in [5.74, 6) is -0.536. The van der Waals surface area contributed by atoms with Crippen molar-refractivity contribution in [2.45, 2.75) is 13.5 Å². The Morgan fingerprint density at radius 3 is 2.48 bits per heavy atom. The molecule has 0 bridgehead atoms. The standard InChI is InChI=1S/C22H19N3O2/c1-14(26)24-16-7-4-6-15(12-16)13-25-19-10-3-2-8-17(19)21-18(22(23)27)9-5-11-20(21)25/h2-12H,13H2,1H3,(H2,23,27)(H,24,26). The van der Waals surface area contributed by atoms with Crippen molar-refractivity contribution in [3.8, 4) is 0 Å². The summed E-state index contributed by atoms with van der Waals surface area (Å²) >= 11 is 0. The molecule has 0 spiro atoms. The molecular formula is C22H19N3O2. The third-order valence-corrected chi connectivity index (χ3v) is 4.65. The van der Waals surface area contributed by atoms with E-state index in [0.29, 0.717) is 12.1 Å². The van der Waals surface area contributed by atoms with Crippen LogP contribution in [0.5, 0.6) is 0 Å². The number of nitrogens with zero attached hydrogens (tertiary/aromatic N) is 1. The number of para-hydroxylation sites is 1. The number of aromatic nitrogens is 1. The van der Waals surface area contributed by atoms with Crippen molar-refractivity contribution in [1.82, 2.24) is 4.57 Å². The van der Waals surface area contributed by atoms with Crippen LogP contribution < -0.4 is 11.1 Å². The van der Waals surface area contributed by atoms with Crippen LogP contribution in [0.3, 0.4) is 0 Å². The maximum atomic E-state index is 11.9. The number of carbonyl (C=O) groups excluding carboxylic acids is 2. The van der Waals surface area contributed by atoms with Gasteiger partial charge in [-0.2, -0.15) is 0 Å². The average molecular weight is 357 g/mol. The Hall–Kier alpha value is -3.60. The minimum Gasteiger partial charge on any atom is -0.366 e. The Balaban J connectivity index is 1.90. The van der Waals surface area contributed by atoms with Gasteiger partial charge in [-0.15, -0.1) is 0 Å². The van der Waals surface area contributed by atoms with E-state index in [1.165, 1.54) is 6.92 Å². The summed E-state index contributed by atoms with van der Waals surface area (Å²) in [5, 5.41) is 4.69. The Morgan fingerprint density at radius 2 is 1.70 bits per heavy atom. The number of anilines is 1. The fourth-order valence-corrected chi connectivity index (χ4v) is 3.61. The summed E-state index contributed by atoms with van der Waals surface area (Å²) in [5.41, 5.74) is 9.93. The molecule has 4 aromatic rings. The van der Waals surface area contributed by atoms with E-state index in [0.717, 1.165) is 33.1 Å². The van der Waals surface area contributed by atoms with E-state index >= 15 is 0 Å². The number of hydrogen-bond donors (Lipinski definition) is 2. The van der Waals surface area contributed by atoms with Crippen molar-refractivity contribution in [1.29, 1.82) is 0 Å². The van der Waals surface area contributed by atoms with Crippen molar-refractivity contribution in [3.05, 3.63) is 77.9 Å². The van der Waals surface area contributed by atoms with Gasteiger partial charge in [0.05, 0.1) is 5.52 Å². The molecule has 1 aromatic heterocycles. The number of nitrogens with two attached hydrogens (primary N) is 1. The number of hydrogen-bond acceptors (Lipinski definition) is 2. The predicted octanol–water partition coefficient (Wildman–Crippen LogP) is 3.90. The molecule has 4 rings (SSSR count). The van der Waals surface area contributed by atoms with Crippen LogP contribution in [0.25, 0.3) is 21.8 Å². The first-order valence-electron chi connectivity index (χ1n) is 8.71. The van der Waals surface area contributed by atoms with Crippen LogP contribution in [0.1, 0.15) is 22.8 Å². The highest BCUT2D eigenvalue weighted by atomic mass is 16.1. The van der Waals surface area contributed by atoms with E-state index in [4.69, 9.17) is 5.73 Å². The number of primary amides is 1. The molecule has 3 N–H and O–H groups in total. The fourth-order valence-electron chi connectivity index (χ4n) is 3.61. The van der Waals surface area contributed by atoms with E-state index in [2.05, 4.69) is 9.88 Å². The van der Waals surface area contributed by atoms with Gasteiger partial charge in [0, 0.05) is 41.0 Å². The minimum atomic E-state index is -0.434. The molecule has 134 valence electrons. The normalized spacial score (nSPS) is 11.0. The first kappa shape index (κ1) is 16.8. The van der Waals surface area contributed by atoms with E-state index < -0.39 is 5.91 Å². The Morgan fingerprint density at radius 1 is 0.963 bits per heavy atom. The fraction of sp³-hybridized carbons (Fsp3) is 0.0909. The van der Waals surface area contributed by atoms with Gasteiger partial charge < -0.3 is 15.6 Å².